The molecule has 2 aromatic carbocycles. The number of benzene rings is 2. The van der Waals surface area contributed by atoms with Crippen LogP contribution < -0.4 is 16.0 Å². The largest absolute Gasteiger partial charge is 0.508 e. The van der Waals surface area contributed by atoms with Crippen LogP contribution in [0.4, 0.5) is 10.5 Å². The molecular weight excluding hydrogens is 386 g/mol. The van der Waals surface area contributed by atoms with Crippen LogP contribution in [-0.4, -0.2) is 17.0 Å². The molecule has 1 unspecified atom stereocenters. The maximum atomic E-state index is 12.8. The molecule has 0 fully saturated rings. The zero-order chi connectivity index (χ0) is 18.0. The lowest BCUT2D eigenvalue weighted by Gasteiger charge is -2.28. The zero-order valence-electron chi connectivity index (χ0n) is 13.3. The fraction of sp³-hybridized carbons (Fsp3) is 0.111. The summed E-state index contributed by atoms with van der Waals surface area (Å²) in [6.07, 6.45) is 0. The average molecular weight is 402 g/mol. The summed E-state index contributed by atoms with van der Waals surface area (Å²) in [6, 6.07) is 12.6. The van der Waals surface area contributed by atoms with E-state index in [1.54, 1.807) is 31.2 Å². The minimum atomic E-state index is -0.607. The number of phenols is 1. The second kappa shape index (κ2) is 6.98. The number of urea groups is 1. The highest BCUT2D eigenvalue weighted by Crippen LogP contribution is 2.29. The Labute approximate surface area is 153 Å². The molecule has 6 nitrogen and oxygen atoms in total. The van der Waals surface area contributed by atoms with Gasteiger partial charge < -0.3 is 21.1 Å². The predicted octanol–water partition coefficient (Wildman–Crippen LogP) is 3.42. The highest BCUT2D eigenvalue weighted by molar-refractivity contribution is 9.10. The molecule has 0 saturated heterocycles. The first kappa shape index (κ1) is 17.0. The van der Waals surface area contributed by atoms with Crippen LogP contribution in [0.5, 0.6) is 5.75 Å². The summed E-state index contributed by atoms with van der Waals surface area (Å²) in [5, 5.41) is 17.7. The Kier molecular flexibility index (Phi) is 4.76. The van der Waals surface area contributed by atoms with Crippen molar-refractivity contribution in [2.45, 2.75) is 13.0 Å². The van der Waals surface area contributed by atoms with Gasteiger partial charge in [0.1, 0.15) is 5.75 Å². The maximum absolute atomic E-state index is 12.8. The van der Waals surface area contributed by atoms with Crippen LogP contribution in [0.25, 0.3) is 0 Å². The topological polar surface area (TPSA) is 90.5 Å². The van der Waals surface area contributed by atoms with Gasteiger partial charge in [-0.25, -0.2) is 4.79 Å². The van der Waals surface area contributed by atoms with E-state index in [0.29, 0.717) is 22.5 Å². The maximum Gasteiger partial charge on any atom is 0.319 e. The van der Waals surface area contributed by atoms with Gasteiger partial charge in [-0.1, -0.05) is 28.1 Å². The quantitative estimate of drug-likeness (QED) is 0.634. The minimum Gasteiger partial charge on any atom is -0.508 e. The van der Waals surface area contributed by atoms with Gasteiger partial charge in [0.05, 0.1) is 11.6 Å². The number of aromatic hydroxyl groups is 1. The molecule has 3 rings (SSSR count). The van der Waals surface area contributed by atoms with Crippen molar-refractivity contribution in [3.8, 4) is 5.75 Å². The molecule has 2 aromatic rings. The molecule has 0 radical (unpaired) electrons. The number of carbonyl (C=O) groups is 2. The van der Waals surface area contributed by atoms with Gasteiger partial charge in [0.25, 0.3) is 5.91 Å². The van der Waals surface area contributed by atoms with Crippen molar-refractivity contribution < 1.29 is 14.7 Å². The number of hydrogen-bond acceptors (Lipinski definition) is 3. The first-order chi connectivity index (χ1) is 11.9. The summed E-state index contributed by atoms with van der Waals surface area (Å²) in [5.74, 6) is -0.198. The second-order valence-electron chi connectivity index (χ2n) is 5.62. The van der Waals surface area contributed by atoms with Crippen LogP contribution in [0.3, 0.4) is 0 Å². The molecule has 0 saturated carbocycles. The van der Waals surface area contributed by atoms with Gasteiger partial charge in [0.2, 0.25) is 0 Å². The van der Waals surface area contributed by atoms with E-state index in [0.717, 1.165) is 4.47 Å². The third-order valence-electron chi connectivity index (χ3n) is 3.84. The first-order valence-corrected chi connectivity index (χ1v) is 8.37. The fourth-order valence-electron chi connectivity index (χ4n) is 2.64. The van der Waals surface area contributed by atoms with Crippen molar-refractivity contribution in [1.29, 1.82) is 0 Å². The third kappa shape index (κ3) is 3.83. The lowest BCUT2D eigenvalue weighted by Crippen LogP contribution is -2.45. The monoisotopic (exact) mass is 401 g/mol. The summed E-state index contributed by atoms with van der Waals surface area (Å²) in [6.45, 7) is 1.68. The van der Waals surface area contributed by atoms with Gasteiger partial charge in [-0.3, -0.25) is 4.79 Å². The summed E-state index contributed by atoms with van der Waals surface area (Å²) in [5.41, 5.74) is 2.24. The molecule has 128 valence electrons. The average Bonchev–Trinajstić information content (AvgIpc) is 2.57. The van der Waals surface area contributed by atoms with E-state index < -0.39 is 6.04 Å². The molecule has 0 bridgehead atoms. The van der Waals surface area contributed by atoms with E-state index in [2.05, 4.69) is 31.9 Å². The minimum absolute atomic E-state index is 0.116. The summed E-state index contributed by atoms with van der Waals surface area (Å²) < 4.78 is 0.912. The number of amides is 3. The zero-order valence-corrected chi connectivity index (χ0v) is 14.9. The van der Waals surface area contributed by atoms with E-state index >= 15 is 0 Å². The SMILES string of the molecule is CC1=C(C(=O)Nc2ccc(Br)cc2)C(c2ccc(O)cc2)NC(=O)N1. The first-order valence-electron chi connectivity index (χ1n) is 7.58. The molecule has 1 aliphatic rings. The Morgan fingerprint density at radius 1 is 1.12 bits per heavy atom. The molecular formula is C18H16BrN3O3. The van der Waals surface area contributed by atoms with Crippen LogP contribution in [-0.2, 0) is 4.79 Å². The highest BCUT2D eigenvalue weighted by atomic mass is 79.9. The van der Waals surface area contributed by atoms with E-state index in [-0.39, 0.29) is 17.7 Å². The number of phenolic OH excluding ortho intramolecular Hbond substituents is 1. The van der Waals surface area contributed by atoms with Gasteiger partial charge in [0, 0.05) is 15.9 Å². The van der Waals surface area contributed by atoms with Gasteiger partial charge in [-0.15, -0.1) is 0 Å². The molecule has 1 aliphatic heterocycles. The number of anilines is 1. The lowest BCUT2D eigenvalue weighted by atomic mass is 9.94. The van der Waals surface area contributed by atoms with Crippen molar-refractivity contribution >= 4 is 33.6 Å². The smallest absolute Gasteiger partial charge is 0.319 e. The molecule has 4 N–H and O–H groups in total. The molecule has 3 amide bonds. The Morgan fingerprint density at radius 3 is 2.40 bits per heavy atom. The van der Waals surface area contributed by atoms with Crippen molar-refractivity contribution in [2.75, 3.05) is 5.32 Å². The Morgan fingerprint density at radius 2 is 1.76 bits per heavy atom. The standard InChI is InChI=1S/C18H16BrN3O3/c1-10-15(17(24)21-13-6-4-12(19)5-7-13)16(22-18(25)20-10)11-2-8-14(23)9-3-11/h2-9,16,23H,1H3,(H,21,24)(H2,20,22,25). The Balaban J connectivity index is 1.92. The van der Waals surface area contributed by atoms with E-state index in [1.165, 1.54) is 12.1 Å². The molecule has 1 atom stereocenters. The van der Waals surface area contributed by atoms with Gasteiger partial charge >= 0.3 is 6.03 Å². The summed E-state index contributed by atoms with van der Waals surface area (Å²) >= 11 is 3.35. The Bertz CT molecular complexity index is 845. The van der Waals surface area contributed by atoms with Crippen molar-refractivity contribution in [1.82, 2.24) is 10.6 Å². The number of hydrogen-bond donors (Lipinski definition) is 4. The van der Waals surface area contributed by atoms with Gasteiger partial charge in [0.15, 0.2) is 0 Å². The van der Waals surface area contributed by atoms with E-state index in [4.69, 9.17) is 0 Å². The van der Waals surface area contributed by atoms with Gasteiger partial charge in [-0.05, 0) is 48.9 Å². The van der Waals surface area contributed by atoms with Crippen molar-refractivity contribution in [3.05, 3.63) is 69.8 Å². The van der Waals surface area contributed by atoms with E-state index in [1.807, 2.05) is 12.1 Å². The van der Waals surface area contributed by atoms with Crippen molar-refractivity contribution in [2.24, 2.45) is 0 Å². The van der Waals surface area contributed by atoms with Crippen molar-refractivity contribution in [3.63, 3.8) is 0 Å². The molecule has 0 spiro atoms. The van der Waals surface area contributed by atoms with Crippen LogP contribution in [0, 0.1) is 0 Å². The number of nitrogens with one attached hydrogen (secondary N) is 3. The van der Waals surface area contributed by atoms with Crippen LogP contribution in [0.15, 0.2) is 64.3 Å². The lowest BCUT2D eigenvalue weighted by molar-refractivity contribution is -0.113. The Hall–Kier alpha value is -2.80. The molecule has 25 heavy (non-hydrogen) atoms. The predicted molar refractivity (Wildman–Crippen MR) is 98.0 cm³/mol. The molecule has 0 aromatic heterocycles. The fourth-order valence-corrected chi connectivity index (χ4v) is 2.91. The normalized spacial score (nSPS) is 16.9. The van der Waals surface area contributed by atoms with E-state index in [9.17, 15) is 14.7 Å². The summed E-state index contributed by atoms with van der Waals surface area (Å²) in [7, 11) is 0. The van der Waals surface area contributed by atoms with Crippen LogP contribution >= 0.6 is 15.9 Å². The number of allylic oxidation sites excluding steroid dienone is 1. The highest BCUT2D eigenvalue weighted by Gasteiger charge is 2.31. The van der Waals surface area contributed by atoms with Gasteiger partial charge in [-0.2, -0.15) is 0 Å². The summed E-state index contributed by atoms with van der Waals surface area (Å²) in [4.78, 5) is 24.6. The molecule has 0 aliphatic carbocycles. The van der Waals surface area contributed by atoms with Crippen LogP contribution in [0.2, 0.25) is 0 Å². The third-order valence-corrected chi connectivity index (χ3v) is 4.37. The molecule has 7 heteroatoms. The number of rotatable bonds is 3. The van der Waals surface area contributed by atoms with Crippen LogP contribution in [0.1, 0.15) is 18.5 Å². The number of carbonyl (C=O) groups excluding carboxylic acids is 2. The number of halogens is 1. The second-order valence-corrected chi connectivity index (χ2v) is 6.54. The molecule has 1 heterocycles.